The fraction of sp³-hybridized carbons (Fsp3) is 0.455. The maximum Gasteiger partial charge on any atom is 0.145 e. The molecule has 1 aliphatic rings. The summed E-state index contributed by atoms with van der Waals surface area (Å²) < 4.78 is 56.8. The van der Waals surface area contributed by atoms with Crippen LogP contribution < -0.4 is 0 Å². The van der Waals surface area contributed by atoms with Crippen molar-refractivity contribution in [3.05, 3.63) is 105 Å². The van der Waals surface area contributed by atoms with E-state index < -0.39 is 28.3 Å². The Hall–Kier alpha value is -2.33. The molecular formula is C33H37ClF4. The molecule has 4 rings (SSSR count). The predicted molar refractivity (Wildman–Crippen MR) is 148 cm³/mol. The Morgan fingerprint density at radius 2 is 1.24 bits per heavy atom. The molecule has 0 unspecified atom stereocenters. The molecule has 0 heterocycles. The van der Waals surface area contributed by atoms with E-state index in [4.69, 9.17) is 11.6 Å². The van der Waals surface area contributed by atoms with E-state index in [0.29, 0.717) is 29.4 Å². The van der Waals surface area contributed by atoms with Crippen LogP contribution in [0, 0.1) is 29.2 Å². The van der Waals surface area contributed by atoms with Crippen LogP contribution in [0.4, 0.5) is 17.6 Å². The molecule has 0 radical (unpaired) electrons. The van der Waals surface area contributed by atoms with E-state index in [1.807, 2.05) is 0 Å². The molecule has 0 saturated heterocycles. The number of hydrogen-bond donors (Lipinski definition) is 0. The molecule has 1 saturated carbocycles. The number of aryl methyl sites for hydroxylation is 3. The number of halogens is 5. The van der Waals surface area contributed by atoms with E-state index in [2.05, 4.69) is 31.2 Å². The molecule has 3 aromatic carbocycles. The van der Waals surface area contributed by atoms with Crippen molar-refractivity contribution in [3.8, 4) is 0 Å². The third kappa shape index (κ3) is 7.62. The van der Waals surface area contributed by atoms with Gasteiger partial charge in [-0.25, -0.2) is 17.6 Å². The monoisotopic (exact) mass is 544 g/mol. The van der Waals surface area contributed by atoms with Gasteiger partial charge in [-0.05, 0) is 123 Å². The van der Waals surface area contributed by atoms with E-state index >= 15 is 0 Å². The highest BCUT2D eigenvalue weighted by atomic mass is 35.5. The summed E-state index contributed by atoms with van der Waals surface area (Å²) in [5, 5.41) is -0.573. The minimum Gasteiger partial charge on any atom is -0.207 e. The molecule has 0 aromatic heterocycles. The van der Waals surface area contributed by atoms with Gasteiger partial charge in [0.2, 0.25) is 0 Å². The molecule has 0 atom stereocenters. The second kappa shape index (κ2) is 13.6. The largest absolute Gasteiger partial charge is 0.207 e. The van der Waals surface area contributed by atoms with Crippen molar-refractivity contribution in [2.45, 2.75) is 89.9 Å². The molecule has 0 N–H and O–H groups in total. The second-order valence-electron chi connectivity index (χ2n) is 10.9. The zero-order valence-electron chi connectivity index (χ0n) is 22.1. The number of benzene rings is 3. The van der Waals surface area contributed by atoms with Gasteiger partial charge in [0, 0.05) is 5.56 Å². The Bertz CT molecular complexity index is 1150. The highest BCUT2D eigenvalue weighted by Crippen LogP contribution is 2.38. The molecule has 0 amide bonds. The first-order chi connectivity index (χ1) is 18.3. The highest BCUT2D eigenvalue weighted by Gasteiger charge is 2.23. The zero-order chi connectivity index (χ0) is 27.1. The normalized spacial score (nSPS) is 17.6. The first-order valence-corrected chi connectivity index (χ1v) is 14.4. The summed E-state index contributed by atoms with van der Waals surface area (Å²) in [7, 11) is 0. The van der Waals surface area contributed by atoms with Crippen LogP contribution >= 0.6 is 11.6 Å². The Kier molecular flexibility index (Phi) is 10.3. The molecule has 1 aliphatic carbocycles. The van der Waals surface area contributed by atoms with Gasteiger partial charge in [0.05, 0.1) is 0 Å². The lowest BCUT2D eigenvalue weighted by Gasteiger charge is -2.29. The lowest BCUT2D eigenvalue weighted by atomic mass is 9.76. The van der Waals surface area contributed by atoms with Crippen LogP contribution in [0.2, 0.25) is 5.02 Å². The lowest BCUT2D eigenvalue weighted by Crippen LogP contribution is -2.14. The smallest absolute Gasteiger partial charge is 0.145 e. The van der Waals surface area contributed by atoms with Gasteiger partial charge >= 0.3 is 0 Å². The molecule has 3 aromatic rings. The van der Waals surface area contributed by atoms with Gasteiger partial charge in [-0.3, -0.25) is 0 Å². The third-order valence-electron chi connectivity index (χ3n) is 8.12. The topological polar surface area (TPSA) is 0 Å². The molecule has 0 bridgehead atoms. The van der Waals surface area contributed by atoms with Gasteiger partial charge in [-0.15, -0.1) is 0 Å². The summed E-state index contributed by atoms with van der Waals surface area (Å²) in [6.45, 7) is 2.23. The quantitative estimate of drug-likeness (QED) is 0.128. The summed E-state index contributed by atoms with van der Waals surface area (Å²) >= 11 is 5.51. The van der Waals surface area contributed by atoms with Crippen LogP contribution in [0.15, 0.2) is 48.5 Å². The summed E-state index contributed by atoms with van der Waals surface area (Å²) in [6.07, 6.45) is 11.2. The molecule has 0 spiro atoms. The van der Waals surface area contributed by atoms with Crippen molar-refractivity contribution in [3.63, 3.8) is 0 Å². The molecule has 1 fully saturated rings. The molecule has 38 heavy (non-hydrogen) atoms. The van der Waals surface area contributed by atoms with Gasteiger partial charge in [0.1, 0.15) is 28.3 Å². The van der Waals surface area contributed by atoms with E-state index in [-0.39, 0.29) is 18.4 Å². The van der Waals surface area contributed by atoms with Crippen molar-refractivity contribution in [1.82, 2.24) is 0 Å². The van der Waals surface area contributed by atoms with E-state index in [0.717, 1.165) is 50.7 Å². The van der Waals surface area contributed by atoms with Crippen molar-refractivity contribution >= 4 is 11.6 Å². The molecule has 0 nitrogen and oxygen atoms in total. The van der Waals surface area contributed by atoms with Gasteiger partial charge in [0.15, 0.2) is 0 Å². The maximum absolute atomic E-state index is 14.7. The molecule has 0 aliphatic heterocycles. The minimum absolute atomic E-state index is 0.0161. The van der Waals surface area contributed by atoms with E-state index in [9.17, 15) is 17.6 Å². The number of unbranched alkanes of at least 4 members (excludes halogenated alkanes) is 2. The van der Waals surface area contributed by atoms with Crippen LogP contribution in [-0.2, 0) is 25.7 Å². The second-order valence-corrected chi connectivity index (χ2v) is 11.2. The third-order valence-corrected chi connectivity index (χ3v) is 8.48. The highest BCUT2D eigenvalue weighted by molar-refractivity contribution is 6.30. The standard InChI is InChI=1S/C33H37ClF4/c1-2-3-4-5-22-8-13-26(14-9-22)27-15-10-23(11-16-27)6-7-24-18-29(35)28(30(36)19-24)17-12-25-20-31(37)33(34)32(38)21-25/h8-9,13-14,18-21,23,27H,2-7,10-12,15-17H2,1H3/t23-,27-. The van der Waals surface area contributed by atoms with Crippen LogP contribution in [0.5, 0.6) is 0 Å². The summed E-state index contributed by atoms with van der Waals surface area (Å²) in [4.78, 5) is 0. The first-order valence-electron chi connectivity index (χ1n) is 14.0. The van der Waals surface area contributed by atoms with Gasteiger partial charge in [0.25, 0.3) is 0 Å². The molecular weight excluding hydrogens is 508 g/mol. The van der Waals surface area contributed by atoms with Gasteiger partial charge in [-0.1, -0.05) is 55.6 Å². The molecule has 204 valence electrons. The number of rotatable bonds is 11. The zero-order valence-corrected chi connectivity index (χ0v) is 22.9. The van der Waals surface area contributed by atoms with Crippen LogP contribution in [-0.4, -0.2) is 0 Å². The maximum atomic E-state index is 14.7. The van der Waals surface area contributed by atoms with E-state index in [1.54, 1.807) is 0 Å². The van der Waals surface area contributed by atoms with Gasteiger partial charge < -0.3 is 0 Å². The SMILES string of the molecule is CCCCCc1ccc([C@H]2CC[C@H](CCc3cc(F)c(CCc4cc(F)c(Cl)c(F)c4)c(F)c3)CC2)cc1. The van der Waals surface area contributed by atoms with Crippen LogP contribution in [0.1, 0.15) is 92.0 Å². The van der Waals surface area contributed by atoms with Crippen molar-refractivity contribution in [2.75, 3.05) is 0 Å². The Balaban J connectivity index is 1.25. The average Bonchev–Trinajstić information content (AvgIpc) is 2.91. The predicted octanol–water partition coefficient (Wildman–Crippen LogP) is 10.3. The Labute approximate surface area is 229 Å². The Morgan fingerprint density at radius 3 is 1.84 bits per heavy atom. The fourth-order valence-corrected chi connectivity index (χ4v) is 5.86. The average molecular weight is 545 g/mol. The molecule has 5 heteroatoms. The van der Waals surface area contributed by atoms with E-state index in [1.165, 1.54) is 42.5 Å². The Morgan fingerprint density at radius 1 is 0.658 bits per heavy atom. The first kappa shape index (κ1) is 28.7. The van der Waals surface area contributed by atoms with Gasteiger partial charge in [-0.2, -0.15) is 0 Å². The van der Waals surface area contributed by atoms with Crippen LogP contribution in [0.3, 0.4) is 0 Å². The summed E-state index contributed by atoms with van der Waals surface area (Å²) in [5.74, 6) is -1.77. The fourth-order valence-electron chi connectivity index (χ4n) is 5.75. The number of hydrogen-bond acceptors (Lipinski definition) is 0. The van der Waals surface area contributed by atoms with Crippen LogP contribution in [0.25, 0.3) is 0 Å². The summed E-state index contributed by atoms with van der Waals surface area (Å²) in [6, 6.07) is 14.2. The summed E-state index contributed by atoms with van der Waals surface area (Å²) in [5.41, 5.74) is 3.78. The van der Waals surface area contributed by atoms with Crippen molar-refractivity contribution in [2.24, 2.45) is 5.92 Å². The van der Waals surface area contributed by atoms with Crippen molar-refractivity contribution < 1.29 is 17.6 Å². The minimum atomic E-state index is -0.872. The lowest BCUT2D eigenvalue weighted by molar-refractivity contribution is 0.310. The van der Waals surface area contributed by atoms with Crippen molar-refractivity contribution in [1.29, 1.82) is 0 Å².